The molecule has 0 aromatic carbocycles. The van der Waals surface area contributed by atoms with Gasteiger partial charge in [-0.2, -0.15) is 0 Å². The van der Waals surface area contributed by atoms with Crippen molar-refractivity contribution in [1.82, 2.24) is 10.5 Å². The highest BCUT2D eigenvalue weighted by molar-refractivity contribution is 5.25. The highest BCUT2D eigenvalue weighted by atomic mass is 16.5. The lowest BCUT2D eigenvalue weighted by atomic mass is 9.93. The summed E-state index contributed by atoms with van der Waals surface area (Å²) in [6.07, 6.45) is 1.04. The maximum atomic E-state index is 6.13. The molecular weight excluding hydrogens is 252 g/mol. The van der Waals surface area contributed by atoms with Crippen molar-refractivity contribution in [3.63, 3.8) is 0 Å². The summed E-state index contributed by atoms with van der Waals surface area (Å²) in [5.41, 5.74) is 2.06. The van der Waals surface area contributed by atoms with Crippen LogP contribution in [0.1, 0.15) is 64.0 Å². The van der Waals surface area contributed by atoms with E-state index in [9.17, 15) is 0 Å². The van der Waals surface area contributed by atoms with Gasteiger partial charge in [0.25, 0.3) is 0 Å². The van der Waals surface area contributed by atoms with Crippen LogP contribution >= 0.6 is 0 Å². The molecule has 1 N–H and O–H groups in total. The first-order valence-electron chi connectivity index (χ1n) is 7.49. The highest BCUT2D eigenvalue weighted by Crippen LogP contribution is 2.37. The van der Waals surface area contributed by atoms with Gasteiger partial charge >= 0.3 is 0 Å². The minimum absolute atomic E-state index is 0.0482. The lowest BCUT2D eigenvalue weighted by Crippen LogP contribution is -2.44. The minimum atomic E-state index is -0.123. The highest BCUT2D eigenvalue weighted by Gasteiger charge is 2.45. The predicted molar refractivity (Wildman–Crippen MR) is 80.0 cm³/mol. The average molecular weight is 280 g/mol. The normalized spacial score (nSPS) is 25.9. The second kappa shape index (κ2) is 5.15. The topological polar surface area (TPSA) is 47.3 Å². The largest absolute Gasteiger partial charge is 0.368 e. The van der Waals surface area contributed by atoms with E-state index in [0.717, 1.165) is 24.4 Å². The third kappa shape index (κ3) is 3.07. The molecule has 2 rings (SSSR count). The summed E-state index contributed by atoms with van der Waals surface area (Å²) in [6, 6.07) is 0.375. The average Bonchev–Trinajstić information content (AvgIpc) is 2.72. The number of nitrogens with zero attached hydrogens (tertiary/aromatic N) is 1. The van der Waals surface area contributed by atoms with Crippen LogP contribution in [0.3, 0.4) is 0 Å². The Labute approximate surface area is 122 Å². The molecule has 0 aliphatic carbocycles. The Morgan fingerprint density at radius 3 is 2.40 bits per heavy atom. The fourth-order valence-electron chi connectivity index (χ4n) is 3.49. The van der Waals surface area contributed by atoms with Gasteiger partial charge in [0.2, 0.25) is 0 Å². The van der Waals surface area contributed by atoms with Gasteiger partial charge in [0.15, 0.2) is 0 Å². The summed E-state index contributed by atoms with van der Waals surface area (Å²) in [4.78, 5) is 0. The first-order valence-corrected chi connectivity index (χ1v) is 7.49. The number of ether oxygens (including phenoxy) is 1. The summed E-state index contributed by atoms with van der Waals surface area (Å²) in [5, 5.41) is 7.72. The van der Waals surface area contributed by atoms with Crippen molar-refractivity contribution >= 4 is 0 Å². The van der Waals surface area contributed by atoms with Crippen molar-refractivity contribution in [2.24, 2.45) is 0 Å². The van der Waals surface area contributed by atoms with E-state index < -0.39 is 0 Å². The van der Waals surface area contributed by atoms with Gasteiger partial charge in [-0.05, 0) is 53.9 Å². The van der Waals surface area contributed by atoms with E-state index in [2.05, 4.69) is 45.1 Å². The lowest BCUT2D eigenvalue weighted by Gasteiger charge is -2.28. The van der Waals surface area contributed by atoms with Crippen LogP contribution < -0.4 is 5.32 Å². The van der Waals surface area contributed by atoms with E-state index in [1.807, 2.05) is 13.8 Å². The van der Waals surface area contributed by atoms with Gasteiger partial charge in [0, 0.05) is 18.2 Å². The van der Waals surface area contributed by atoms with Crippen molar-refractivity contribution in [1.29, 1.82) is 0 Å². The van der Waals surface area contributed by atoms with Crippen LogP contribution in [-0.4, -0.2) is 28.9 Å². The van der Waals surface area contributed by atoms with Crippen LogP contribution in [0.15, 0.2) is 4.52 Å². The zero-order chi connectivity index (χ0) is 15.1. The van der Waals surface area contributed by atoms with E-state index in [1.54, 1.807) is 0 Å². The molecule has 20 heavy (non-hydrogen) atoms. The standard InChI is InChI=1S/C16H28N2O2/c1-10(14-11(2)18-19-12(14)3)9-17-13-8-15(4,5)20-16(13,6)7/h10,13,17H,8-9H2,1-7H3/t10-,13-/m1/s1. The molecule has 0 saturated carbocycles. The van der Waals surface area contributed by atoms with E-state index in [0.29, 0.717) is 12.0 Å². The fourth-order valence-corrected chi connectivity index (χ4v) is 3.49. The number of nitrogens with one attached hydrogen (secondary N) is 1. The molecule has 1 aliphatic heterocycles. The number of aryl methyl sites for hydroxylation is 2. The Kier molecular flexibility index (Phi) is 4.00. The van der Waals surface area contributed by atoms with E-state index in [1.165, 1.54) is 5.56 Å². The van der Waals surface area contributed by atoms with Crippen molar-refractivity contribution in [2.45, 2.75) is 78.0 Å². The second-order valence-electron chi connectivity index (χ2n) is 7.27. The van der Waals surface area contributed by atoms with Crippen molar-refractivity contribution < 1.29 is 9.26 Å². The van der Waals surface area contributed by atoms with Gasteiger partial charge in [-0.3, -0.25) is 0 Å². The maximum Gasteiger partial charge on any atom is 0.137 e. The Morgan fingerprint density at radius 2 is 1.95 bits per heavy atom. The summed E-state index contributed by atoms with van der Waals surface area (Å²) in [6.45, 7) is 15.8. The third-order valence-electron chi connectivity index (χ3n) is 4.33. The molecule has 4 nitrogen and oxygen atoms in total. The molecule has 0 bridgehead atoms. The first-order chi connectivity index (χ1) is 9.12. The third-order valence-corrected chi connectivity index (χ3v) is 4.33. The van der Waals surface area contributed by atoms with Gasteiger partial charge in [0.05, 0.1) is 16.9 Å². The zero-order valence-electron chi connectivity index (χ0n) is 13.8. The second-order valence-corrected chi connectivity index (χ2v) is 7.27. The van der Waals surface area contributed by atoms with Gasteiger partial charge in [-0.15, -0.1) is 0 Å². The number of hydrogen-bond acceptors (Lipinski definition) is 4. The summed E-state index contributed by atoms with van der Waals surface area (Å²) >= 11 is 0. The molecule has 2 atom stereocenters. The van der Waals surface area contributed by atoms with Crippen molar-refractivity contribution in [2.75, 3.05) is 6.54 Å². The van der Waals surface area contributed by atoms with E-state index in [4.69, 9.17) is 9.26 Å². The SMILES string of the molecule is Cc1noc(C)c1[C@H](C)CN[C@@H]1CC(C)(C)OC1(C)C. The van der Waals surface area contributed by atoms with Crippen molar-refractivity contribution in [3.05, 3.63) is 17.0 Å². The van der Waals surface area contributed by atoms with Crippen LogP contribution in [0, 0.1) is 13.8 Å². The van der Waals surface area contributed by atoms with Crippen LogP contribution in [0.5, 0.6) is 0 Å². The predicted octanol–water partition coefficient (Wildman–Crippen LogP) is 3.33. The number of rotatable bonds is 4. The summed E-state index contributed by atoms with van der Waals surface area (Å²) in [7, 11) is 0. The number of hydrogen-bond donors (Lipinski definition) is 1. The lowest BCUT2D eigenvalue weighted by molar-refractivity contribution is -0.0698. The van der Waals surface area contributed by atoms with Crippen LogP contribution in [-0.2, 0) is 4.74 Å². The molecule has 1 aromatic heterocycles. The first kappa shape index (κ1) is 15.5. The Hall–Kier alpha value is -0.870. The van der Waals surface area contributed by atoms with Gasteiger partial charge in [-0.1, -0.05) is 12.1 Å². The summed E-state index contributed by atoms with van der Waals surface area (Å²) in [5.74, 6) is 1.32. The molecule has 0 unspecified atom stereocenters. The molecule has 1 aromatic rings. The fraction of sp³-hybridized carbons (Fsp3) is 0.812. The smallest absolute Gasteiger partial charge is 0.137 e. The van der Waals surface area contributed by atoms with Crippen molar-refractivity contribution in [3.8, 4) is 0 Å². The van der Waals surface area contributed by atoms with Crippen LogP contribution in [0.4, 0.5) is 0 Å². The molecule has 1 saturated heterocycles. The summed E-state index contributed by atoms with van der Waals surface area (Å²) < 4.78 is 11.4. The van der Waals surface area contributed by atoms with Gasteiger partial charge < -0.3 is 14.6 Å². The van der Waals surface area contributed by atoms with E-state index in [-0.39, 0.29) is 11.2 Å². The molecular formula is C16H28N2O2. The quantitative estimate of drug-likeness (QED) is 0.919. The molecule has 0 spiro atoms. The minimum Gasteiger partial charge on any atom is -0.368 e. The molecule has 1 fully saturated rings. The van der Waals surface area contributed by atoms with Crippen LogP contribution in [0.25, 0.3) is 0 Å². The molecule has 1 aliphatic rings. The van der Waals surface area contributed by atoms with Gasteiger partial charge in [-0.25, -0.2) is 0 Å². The van der Waals surface area contributed by atoms with Gasteiger partial charge in [0.1, 0.15) is 5.76 Å². The Balaban J connectivity index is 1.99. The molecule has 0 amide bonds. The molecule has 2 heterocycles. The molecule has 0 radical (unpaired) electrons. The number of aromatic nitrogens is 1. The maximum absolute atomic E-state index is 6.13. The van der Waals surface area contributed by atoms with Crippen LogP contribution in [0.2, 0.25) is 0 Å². The Morgan fingerprint density at radius 1 is 1.30 bits per heavy atom. The molecule has 114 valence electrons. The monoisotopic (exact) mass is 280 g/mol. The molecule has 4 heteroatoms. The zero-order valence-corrected chi connectivity index (χ0v) is 13.8. The Bertz CT molecular complexity index is 457. The van der Waals surface area contributed by atoms with E-state index >= 15 is 0 Å².